The van der Waals surface area contributed by atoms with E-state index >= 15 is 0 Å². The summed E-state index contributed by atoms with van der Waals surface area (Å²) in [6.45, 7) is 4.72. The van der Waals surface area contributed by atoms with Crippen LogP contribution in [0.1, 0.15) is 53.2 Å². The molecule has 3 aromatic rings. The molecule has 2 aliphatic heterocycles. The van der Waals surface area contributed by atoms with E-state index in [9.17, 15) is 36.2 Å². The molecule has 0 unspecified atom stereocenters. The van der Waals surface area contributed by atoms with E-state index in [2.05, 4.69) is 4.98 Å². The Balaban J connectivity index is 1.48. The van der Waals surface area contributed by atoms with E-state index in [1.54, 1.807) is 4.90 Å². The number of hydrogen-bond donors (Lipinski definition) is 1. The normalized spacial score (nSPS) is 21.8. The molecule has 0 bridgehead atoms. The van der Waals surface area contributed by atoms with Gasteiger partial charge in [-0.15, -0.1) is 0 Å². The van der Waals surface area contributed by atoms with Crippen LogP contribution in [0, 0.1) is 18.8 Å². The van der Waals surface area contributed by atoms with Gasteiger partial charge >= 0.3 is 24.4 Å². The molecule has 42 heavy (non-hydrogen) atoms. The van der Waals surface area contributed by atoms with Gasteiger partial charge in [0.1, 0.15) is 0 Å². The summed E-state index contributed by atoms with van der Waals surface area (Å²) in [5.74, 6) is -0.175. The average molecular weight is 597 g/mol. The van der Waals surface area contributed by atoms with Crippen molar-refractivity contribution in [3.05, 3.63) is 76.5 Å². The smallest absolute Gasteiger partial charge is 0.416 e. The molecule has 1 aromatic heterocycles. The lowest BCUT2D eigenvalue weighted by Gasteiger charge is -2.45. The minimum absolute atomic E-state index is 0.0769. The summed E-state index contributed by atoms with van der Waals surface area (Å²) in [7, 11) is 1.39. The van der Waals surface area contributed by atoms with Gasteiger partial charge in [0.2, 0.25) is 0 Å². The number of amides is 2. The van der Waals surface area contributed by atoms with Crippen LogP contribution in [-0.4, -0.2) is 52.6 Å². The average Bonchev–Trinajstić information content (AvgIpc) is 3.56. The fraction of sp³-hybridized carbons (Fsp3) is 0.448. The van der Waals surface area contributed by atoms with Crippen LogP contribution in [0.2, 0.25) is 0 Å². The van der Waals surface area contributed by atoms with Gasteiger partial charge in [0.05, 0.1) is 23.2 Å². The Kier molecular flexibility index (Phi) is 7.56. The number of aryl methyl sites for hydroxylation is 1. The maximum absolute atomic E-state index is 14.0. The molecule has 2 amide bonds. The van der Waals surface area contributed by atoms with Crippen LogP contribution in [-0.2, 0) is 12.4 Å². The highest BCUT2D eigenvalue weighted by molar-refractivity contribution is 5.76. The molecule has 2 aromatic carbocycles. The third kappa shape index (κ3) is 5.60. The number of alkyl halides is 6. The zero-order valence-corrected chi connectivity index (χ0v) is 23.1. The molecule has 0 saturated carbocycles. The minimum Gasteiger partial charge on any atom is -0.491 e. The maximum atomic E-state index is 14.0. The number of rotatable bonds is 4. The lowest BCUT2D eigenvalue weighted by Crippen LogP contribution is -2.51. The summed E-state index contributed by atoms with van der Waals surface area (Å²) in [5, 5.41) is 9.67. The number of oxazole rings is 1. The number of carbonyl (C=O) groups is 1. The number of hydrogen-bond acceptors (Lipinski definition) is 5. The number of likely N-dealkylation sites (tertiary alicyclic amines) is 1. The van der Waals surface area contributed by atoms with Crippen molar-refractivity contribution in [1.82, 2.24) is 14.8 Å². The van der Waals surface area contributed by atoms with Crippen molar-refractivity contribution in [2.75, 3.05) is 31.6 Å². The number of fused-ring (bicyclic) bond motifs is 1. The Morgan fingerprint density at radius 1 is 1.07 bits per heavy atom. The highest BCUT2D eigenvalue weighted by atomic mass is 19.4. The predicted octanol–water partition coefficient (Wildman–Crippen LogP) is 7.04. The molecule has 226 valence electrons. The Morgan fingerprint density at radius 2 is 1.71 bits per heavy atom. The van der Waals surface area contributed by atoms with Gasteiger partial charge in [-0.25, -0.2) is 4.79 Å². The number of halogens is 6. The third-order valence-electron chi connectivity index (χ3n) is 8.45. The van der Waals surface area contributed by atoms with Gasteiger partial charge in [-0.2, -0.15) is 31.3 Å². The zero-order valence-electron chi connectivity index (χ0n) is 23.1. The molecule has 0 spiro atoms. The van der Waals surface area contributed by atoms with Crippen LogP contribution >= 0.6 is 0 Å². The SMILES string of the molecule is Cc1ccccc1[C@H]1[C@@H]2CN(c3nc(O)co3)C[C@H]2CCN1C(=O)N(C)[C@H](C)c1cc(C(F)(F)F)cc(C(F)(F)F)c1. The molecule has 2 fully saturated rings. The first kappa shape index (κ1) is 29.6. The number of nitrogens with zero attached hydrogens (tertiary/aromatic N) is 4. The molecular formula is C29H30F6N4O3. The lowest BCUT2D eigenvalue weighted by atomic mass is 9.78. The topological polar surface area (TPSA) is 73.0 Å². The summed E-state index contributed by atoms with van der Waals surface area (Å²) in [6, 6.07) is 7.23. The summed E-state index contributed by atoms with van der Waals surface area (Å²) < 4.78 is 86.5. The molecule has 5 rings (SSSR count). The number of piperidine rings is 1. The van der Waals surface area contributed by atoms with Crippen LogP contribution in [0.3, 0.4) is 0 Å². The Hall–Kier alpha value is -3.90. The van der Waals surface area contributed by atoms with E-state index in [-0.39, 0.29) is 35.4 Å². The van der Waals surface area contributed by atoms with Gasteiger partial charge < -0.3 is 24.2 Å². The first-order valence-electron chi connectivity index (χ1n) is 13.4. The standard InChI is InChI=1S/C29H30F6N4O3/c1-16-6-4-5-7-22(16)25-23-14-38(26-36-24(40)15-42-26)13-18(23)8-9-39(25)27(41)37(3)17(2)19-10-20(28(30,31)32)12-21(11-19)29(33,34)35/h4-7,10-12,15,17-18,23,25,40H,8-9,13-14H2,1-3H3/t17-,18-,23-,25+/m1/s1. The van der Waals surface area contributed by atoms with Crippen molar-refractivity contribution in [2.24, 2.45) is 11.8 Å². The lowest BCUT2D eigenvalue weighted by molar-refractivity contribution is -0.143. The summed E-state index contributed by atoms with van der Waals surface area (Å²) in [6.07, 6.45) is -8.24. The summed E-state index contributed by atoms with van der Waals surface area (Å²) in [5.41, 5.74) is -1.29. The van der Waals surface area contributed by atoms with Crippen LogP contribution in [0.4, 0.5) is 37.2 Å². The minimum atomic E-state index is -5.00. The van der Waals surface area contributed by atoms with Crippen molar-refractivity contribution >= 4 is 12.0 Å². The fourth-order valence-electron chi connectivity index (χ4n) is 6.14. The monoisotopic (exact) mass is 596 g/mol. The van der Waals surface area contributed by atoms with Crippen molar-refractivity contribution in [3.63, 3.8) is 0 Å². The highest BCUT2D eigenvalue weighted by Gasteiger charge is 2.48. The largest absolute Gasteiger partial charge is 0.491 e. The second-order valence-electron chi connectivity index (χ2n) is 11.0. The van der Waals surface area contributed by atoms with Crippen LogP contribution in [0.5, 0.6) is 5.88 Å². The van der Waals surface area contributed by atoms with E-state index < -0.39 is 41.6 Å². The summed E-state index contributed by atoms with van der Waals surface area (Å²) in [4.78, 5) is 22.8. The number of aromatic hydroxyl groups is 1. The zero-order chi connectivity index (χ0) is 30.6. The number of anilines is 1. The molecule has 4 atom stereocenters. The number of benzene rings is 2. The van der Waals surface area contributed by atoms with E-state index in [4.69, 9.17) is 4.42 Å². The molecule has 1 N–H and O–H groups in total. The highest BCUT2D eigenvalue weighted by Crippen LogP contribution is 2.46. The first-order valence-corrected chi connectivity index (χ1v) is 13.4. The van der Waals surface area contributed by atoms with Crippen molar-refractivity contribution < 1.29 is 40.7 Å². The number of aromatic nitrogens is 1. The number of carbonyl (C=O) groups excluding carboxylic acids is 1. The quantitative estimate of drug-likeness (QED) is 0.327. The first-order chi connectivity index (χ1) is 19.6. The van der Waals surface area contributed by atoms with Gasteiger partial charge in [-0.3, -0.25) is 0 Å². The molecule has 0 radical (unpaired) electrons. The van der Waals surface area contributed by atoms with Gasteiger partial charge in [0.25, 0.3) is 5.88 Å². The van der Waals surface area contributed by atoms with Crippen LogP contribution in [0.15, 0.2) is 53.1 Å². The fourth-order valence-corrected chi connectivity index (χ4v) is 6.14. The maximum Gasteiger partial charge on any atom is 0.416 e. The van der Waals surface area contributed by atoms with Gasteiger partial charge in [-0.1, -0.05) is 24.3 Å². The third-order valence-corrected chi connectivity index (χ3v) is 8.45. The molecular weight excluding hydrogens is 566 g/mol. The van der Waals surface area contributed by atoms with Gasteiger partial charge in [0.15, 0.2) is 6.26 Å². The second-order valence-corrected chi connectivity index (χ2v) is 11.0. The Morgan fingerprint density at radius 3 is 2.29 bits per heavy atom. The van der Waals surface area contributed by atoms with E-state index in [0.717, 1.165) is 17.4 Å². The predicted molar refractivity (Wildman–Crippen MR) is 141 cm³/mol. The molecule has 3 heterocycles. The molecule has 2 aliphatic rings. The van der Waals surface area contributed by atoms with Crippen LogP contribution < -0.4 is 4.90 Å². The van der Waals surface area contributed by atoms with E-state index in [1.165, 1.54) is 18.9 Å². The second kappa shape index (κ2) is 10.7. The van der Waals surface area contributed by atoms with Gasteiger partial charge in [0, 0.05) is 32.6 Å². The van der Waals surface area contributed by atoms with E-state index in [0.29, 0.717) is 38.2 Å². The molecule has 2 saturated heterocycles. The van der Waals surface area contributed by atoms with E-state index in [1.807, 2.05) is 36.1 Å². The van der Waals surface area contributed by atoms with Crippen molar-refractivity contribution in [2.45, 2.75) is 44.7 Å². The molecule has 7 nitrogen and oxygen atoms in total. The summed E-state index contributed by atoms with van der Waals surface area (Å²) >= 11 is 0. The molecule has 13 heteroatoms. The van der Waals surface area contributed by atoms with Crippen molar-refractivity contribution in [3.8, 4) is 5.88 Å². The molecule has 0 aliphatic carbocycles. The van der Waals surface area contributed by atoms with Gasteiger partial charge in [-0.05, 0) is 61.1 Å². The Bertz CT molecular complexity index is 1420. The number of urea groups is 1. The van der Waals surface area contributed by atoms with Crippen LogP contribution in [0.25, 0.3) is 0 Å². The Labute approximate surface area is 238 Å². The van der Waals surface area contributed by atoms with Crippen molar-refractivity contribution in [1.29, 1.82) is 0 Å².